The van der Waals surface area contributed by atoms with Crippen LogP contribution in [0.2, 0.25) is 0 Å². The molecule has 0 aliphatic heterocycles. The number of Topliss-reactive ketones (excluding diaryl/α,β-unsaturated/α-hetero) is 1. The number of ether oxygens (including phenoxy) is 1. The second-order valence-corrected chi connectivity index (χ2v) is 8.17. The first-order valence-corrected chi connectivity index (χ1v) is 10.9. The van der Waals surface area contributed by atoms with Crippen molar-refractivity contribution in [2.75, 3.05) is 12.9 Å². The zero-order chi connectivity index (χ0) is 21.8. The molecule has 2 heterocycles. The third-order valence-corrected chi connectivity index (χ3v) is 5.95. The van der Waals surface area contributed by atoms with Crippen molar-refractivity contribution in [3.63, 3.8) is 0 Å². The zero-order valence-corrected chi connectivity index (χ0v) is 18.5. The Labute approximate surface area is 185 Å². The fourth-order valence-electron chi connectivity index (χ4n) is 3.29. The van der Waals surface area contributed by atoms with Crippen molar-refractivity contribution in [2.45, 2.75) is 25.5 Å². The maximum absolute atomic E-state index is 12.9. The van der Waals surface area contributed by atoms with Gasteiger partial charge >= 0.3 is 0 Å². The Balaban J connectivity index is 1.61. The predicted molar refractivity (Wildman–Crippen MR) is 121 cm³/mol. The Hall–Kier alpha value is -3.32. The van der Waals surface area contributed by atoms with Crippen molar-refractivity contribution in [3.8, 4) is 17.1 Å². The number of benzene rings is 2. The van der Waals surface area contributed by atoms with Crippen LogP contribution >= 0.6 is 11.8 Å². The van der Waals surface area contributed by atoms with Crippen LogP contribution in [-0.2, 0) is 6.54 Å². The van der Waals surface area contributed by atoms with Crippen LogP contribution in [0.15, 0.2) is 70.4 Å². The van der Waals surface area contributed by atoms with E-state index in [0.29, 0.717) is 17.5 Å². The molecule has 0 saturated carbocycles. The van der Waals surface area contributed by atoms with Crippen LogP contribution in [0.4, 0.5) is 0 Å². The van der Waals surface area contributed by atoms with E-state index >= 15 is 0 Å². The molecule has 2 aromatic carbocycles. The van der Waals surface area contributed by atoms with Gasteiger partial charge in [-0.15, -0.1) is 10.2 Å². The molecule has 0 saturated heterocycles. The maximum Gasteiger partial charge on any atom is 0.192 e. The summed E-state index contributed by atoms with van der Waals surface area (Å²) in [5.74, 6) is 2.63. The molecule has 0 fully saturated rings. The minimum atomic E-state index is 0.0738. The molecule has 0 aliphatic carbocycles. The van der Waals surface area contributed by atoms with Crippen molar-refractivity contribution in [1.29, 1.82) is 0 Å². The summed E-state index contributed by atoms with van der Waals surface area (Å²) in [6.45, 7) is 4.42. The largest absolute Gasteiger partial charge is 0.497 e. The zero-order valence-electron chi connectivity index (χ0n) is 17.7. The van der Waals surface area contributed by atoms with Crippen LogP contribution in [0.1, 0.15) is 27.2 Å². The van der Waals surface area contributed by atoms with Crippen molar-refractivity contribution >= 4 is 17.5 Å². The van der Waals surface area contributed by atoms with Crippen LogP contribution in [0.3, 0.4) is 0 Å². The Morgan fingerprint density at radius 1 is 1.10 bits per heavy atom. The molecule has 0 bridgehead atoms. The number of thioether (sulfide) groups is 1. The Morgan fingerprint density at radius 3 is 2.61 bits per heavy atom. The highest BCUT2D eigenvalue weighted by Gasteiger charge is 2.18. The first-order chi connectivity index (χ1) is 15.0. The molecule has 158 valence electrons. The molecule has 0 aliphatic rings. The number of carbonyl (C=O) groups excluding carboxylic acids is 1. The molecule has 0 radical (unpaired) electrons. The number of methoxy groups -OCH3 is 1. The van der Waals surface area contributed by atoms with E-state index in [1.807, 2.05) is 73.0 Å². The van der Waals surface area contributed by atoms with E-state index in [1.54, 1.807) is 13.4 Å². The molecule has 0 N–H and O–H groups in total. The molecule has 4 aromatic rings. The van der Waals surface area contributed by atoms with Gasteiger partial charge in [0, 0.05) is 11.1 Å². The fourth-order valence-corrected chi connectivity index (χ4v) is 4.12. The second-order valence-electron chi connectivity index (χ2n) is 7.23. The van der Waals surface area contributed by atoms with Gasteiger partial charge in [0.1, 0.15) is 11.5 Å². The predicted octanol–water partition coefficient (Wildman–Crippen LogP) is 5.19. The van der Waals surface area contributed by atoms with E-state index in [-0.39, 0.29) is 11.5 Å². The normalized spacial score (nSPS) is 10.9. The molecule has 6 nitrogen and oxygen atoms in total. The average Bonchev–Trinajstić information content (AvgIpc) is 3.44. The van der Waals surface area contributed by atoms with Gasteiger partial charge in [-0.25, -0.2) is 0 Å². The number of carbonyl (C=O) groups is 1. The van der Waals surface area contributed by atoms with E-state index in [0.717, 1.165) is 33.8 Å². The standard InChI is InChI=1S/C24H23N3O3S/c1-16-6-7-17(2)21(13-16)22(28)15-31-24-26-25-23(18-8-10-19(29-3)11-9-18)27(24)14-20-5-4-12-30-20/h4-13H,14-15H2,1-3H3. The molecular formula is C24H23N3O3S. The molecule has 2 aromatic heterocycles. The van der Waals surface area contributed by atoms with Crippen LogP contribution in [-0.4, -0.2) is 33.4 Å². The summed E-state index contributed by atoms with van der Waals surface area (Å²) in [4.78, 5) is 12.9. The molecule has 0 atom stereocenters. The molecule has 31 heavy (non-hydrogen) atoms. The van der Waals surface area contributed by atoms with E-state index in [4.69, 9.17) is 9.15 Å². The van der Waals surface area contributed by atoms with E-state index in [9.17, 15) is 4.79 Å². The summed E-state index contributed by atoms with van der Waals surface area (Å²) < 4.78 is 12.8. The van der Waals surface area contributed by atoms with Crippen molar-refractivity contribution < 1.29 is 13.9 Å². The number of hydrogen-bond donors (Lipinski definition) is 0. The summed E-state index contributed by atoms with van der Waals surface area (Å²) in [6.07, 6.45) is 1.64. The first-order valence-electron chi connectivity index (χ1n) is 9.88. The van der Waals surface area contributed by atoms with Crippen LogP contribution in [0.5, 0.6) is 5.75 Å². The van der Waals surface area contributed by atoms with Gasteiger partial charge in [-0.3, -0.25) is 9.36 Å². The highest BCUT2D eigenvalue weighted by atomic mass is 32.2. The lowest BCUT2D eigenvalue weighted by atomic mass is 10.0. The van der Waals surface area contributed by atoms with Gasteiger partial charge in [0.15, 0.2) is 16.8 Å². The number of ketones is 1. The Kier molecular flexibility index (Phi) is 6.23. The number of aromatic nitrogens is 3. The Bertz CT molecular complexity index is 1180. The van der Waals surface area contributed by atoms with Crippen LogP contribution < -0.4 is 4.74 Å². The van der Waals surface area contributed by atoms with Gasteiger partial charge in [0.2, 0.25) is 0 Å². The van der Waals surface area contributed by atoms with E-state index in [1.165, 1.54) is 11.8 Å². The van der Waals surface area contributed by atoms with Crippen molar-refractivity contribution in [2.24, 2.45) is 0 Å². The number of furan rings is 1. The average molecular weight is 434 g/mol. The van der Waals surface area contributed by atoms with Crippen molar-refractivity contribution in [3.05, 3.63) is 83.3 Å². The molecule has 0 spiro atoms. The summed E-state index contributed by atoms with van der Waals surface area (Å²) in [5.41, 5.74) is 3.71. The topological polar surface area (TPSA) is 70.2 Å². The van der Waals surface area contributed by atoms with Gasteiger partial charge in [0.05, 0.1) is 25.7 Å². The summed E-state index contributed by atoms with van der Waals surface area (Å²) in [5, 5.41) is 9.44. The lowest BCUT2D eigenvalue weighted by Crippen LogP contribution is -2.08. The number of rotatable bonds is 8. The molecule has 7 heteroatoms. The summed E-state index contributed by atoms with van der Waals surface area (Å²) in [6, 6.07) is 17.4. The SMILES string of the molecule is COc1ccc(-c2nnc(SCC(=O)c3cc(C)ccc3C)n2Cc2ccco2)cc1. The monoisotopic (exact) mass is 433 g/mol. The molecule has 4 rings (SSSR count). The van der Waals surface area contributed by atoms with E-state index < -0.39 is 0 Å². The van der Waals surface area contributed by atoms with Gasteiger partial charge in [-0.05, 0) is 61.9 Å². The molecular weight excluding hydrogens is 410 g/mol. The van der Waals surface area contributed by atoms with Crippen LogP contribution in [0, 0.1) is 13.8 Å². The highest BCUT2D eigenvalue weighted by molar-refractivity contribution is 7.99. The van der Waals surface area contributed by atoms with Crippen LogP contribution in [0.25, 0.3) is 11.4 Å². The second kappa shape index (κ2) is 9.22. The summed E-state index contributed by atoms with van der Waals surface area (Å²) in [7, 11) is 1.64. The summed E-state index contributed by atoms with van der Waals surface area (Å²) >= 11 is 1.38. The number of hydrogen-bond acceptors (Lipinski definition) is 6. The quantitative estimate of drug-likeness (QED) is 0.281. The highest BCUT2D eigenvalue weighted by Crippen LogP contribution is 2.27. The van der Waals surface area contributed by atoms with Gasteiger partial charge in [0.25, 0.3) is 0 Å². The Morgan fingerprint density at radius 2 is 1.90 bits per heavy atom. The third-order valence-electron chi connectivity index (χ3n) is 4.98. The van der Waals surface area contributed by atoms with Gasteiger partial charge in [-0.2, -0.15) is 0 Å². The number of nitrogens with zero attached hydrogens (tertiary/aromatic N) is 3. The lowest BCUT2D eigenvalue weighted by Gasteiger charge is -2.10. The number of aryl methyl sites for hydroxylation is 2. The third kappa shape index (κ3) is 4.72. The lowest BCUT2D eigenvalue weighted by molar-refractivity contribution is 0.102. The smallest absolute Gasteiger partial charge is 0.192 e. The fraction of sp³-hybridized carbons (Fsp3) is 0.208. The minimum Gasteiger partial charge on any atom is -0.497 e. The molecule has 0 amide bonds. The minimum absolute atomic E-state index is 0.0738. The molecule has 0 unspecified atom stereocenters. The van der Waals surface area contributed by atoms with Crippen molar-refractivity contribution in [1.82, 2.24) is 14.8 Å². The van der Waals surface area contributed by atoms with Gasteiger partial charge < -0.3 is 9.15 Å². The van der Waals surface area contributed by atoms with E-state index in [2.05, 4.69) is 10.2 Å². The van der Waals surface area contributed by atoms with Gasteiger partial charge in [-0.1, -0.05) is 29.5 Å². The first kappa shape index (κ1) is 20.9. The maximum atomic E-state index is 12.9.